The van der Waals surface area contributed by atoms with Crippen LogP contribution in [-0.2, 0) is 9.59 Å². The second-order valence-electron chi connectivity index (χ2n) is 6.15. The predicted molar refractivity (Wildman–Crippen MR) is 110 cm³/mol. The molecule has 0 spiro atoms. The lowest BCUT2D eigenvalue weighted by atomic mass is 9.97. The van der Waals surface area contributed by atoms with E-state index in [4.69, 9.17) is 10.5 Å². The third kappa shape index (κ3) is 5.01. The highest BCUT2D eigenvalue weighted by Crippen LogP contribution is 2.25. The third-order valence-electron chi connectivity index (χ3n) is 4.08. The largest absolute Gasteiger partial charge is 0.309 e. The molecular weight excluding hydrogens is 402 g/mol. The molecule has 0 aliphatic carbocycles. The average molecular weight is 417 g/mol. The van der Waals surface area contributed by atoms with Gasteiger partial charge in [-0.15, -0.1) is 0 Å². The topological polar surface area (TPSA) is 144 Å². The minimum absolute atomic E-state index is 0.243. The van der Waals surface area contributed by atoms with Crippen molar-refractivity contribution >= 4 is 34.1 Å². The van der Waals surface area contributed by atoms with Gasteiger partial charge in [-0.3, -0.25) is 14.6 Å². The molecule has 148 valence electrons. The number of carbonyl (C=O) groups excluding carboxylic acids is 2. The van der Waals surface area contributed by atoms with Gasteiger partial charge >= 0.3 is 0 Å². The summed E-state index contributed by atoms with van der Waals surface area (Å²) in [4.78, 5) is 36.8. The van der Waals surface area contributed by atoms with E-state index < -0.39 is 11.8 Å². The van der Waals surface area contributed by atoms with Crippen LogP contribution in [-0.4, -0.2) is 26.8 Å². The molecule has 0 saturated heterocycles. The van der Waals surface area contributed by atoms with Crippen LogP contribution in [0.4, 0.5) is 10.9 Å². The fraction of sp³-hybridized carbons (Fsp3) is 0.150. The van der Waals surface area contributed by atoms with E-state index in [2.05, 4.69) is 25.6 Å². The van der Waals surface area contributed by atoms with Crippen LogP contribution in [0.2, 0.25) is 0 Å². The number of aromatic nitrogens is 3. The Kier molecular flexibility index (Phi) is 6.42. The van der Waals surface area contributed by atoms with Crippen molar-refractivity contribution in [3.8, 4) is 23.4 Å². The predicted octanol–water partition coefficient (Wildman–Crippen LogP) is 3.07. The molecule has 2 N–H and O–H groups in total. The van der Waals surface area contributed by atoms with Gasteiger partial charge in [0, 0.05) is 5.56 Å². The number of nitrogens with zero attached hydrogens (tertiary/aromatic N) is 5. The molecule has 0 radical (unpaired) electrons. The summed E-state index contributed by atoms with van der Waals surface area (Å²) in [6.45, 7) is 1.77. The number of hydrogen-bond donors (Lipinski definition) is 2. The summed E-state index contributed by atoms with van der Waals surface area (Å²) in [6.07, 6.45) is 4.06. The molecule has 2 aromatic heterocycles. The molecule has 0 aliphatic heterocycles. The molecule has 30 heavy (non-hydrogen) atoms. The summed E-state index contributed by atoms with van der Waals surface area (Å²) in [7, 11) is 0. The van der Waals surface area contributed by atoms with Crippen molar-refractivity contribution in [2.75, 3.05) is 10.6 Å². The van der Waals surface area contributed by atoms with Crippen molar-refractivity contribution in [2.24, 2.45) is 0 Å². The Balaban J connectivity index is 1.72. The van der Waals surface area contributed by atoms with Gasteiger partial charge in [-0.25, -0.2) is 9.97 Å². The number of nitrogens with one attached hydrogen (secondary N) is 2. The molecule has 2 heterocycles. The Morgan fingerprint density at radius 3 is 2.63 bits per heavy atom. The van der Waals surface area contributed by atoms with Gasteiger partial charge in [0.1, 0.15) is 17.4 Å². The van der Waals surface area contributed by atoms with Crippen molar-refractivity contribution in [3.63, 3.8) is 0 Å². The van der Waals surface area contributed by atoms with Gasteiger partial charge < -0.3 is 10.6 Å². The van der Waals surface area contributed by atoms with Crippen LogP contribution < -0.4 is 10.6 Å². The fourth-order valence-corrected chi connectivity index (χ4v) is 3.13. The SMILES string of the molecule is CC(C(=O)Nc1ncc(C#N)s1)c1cccc(-c2cnc(NC(=O)CC#N)cn2)c1. The van der Waals surface area contributed by atoms with Gasteiger partial charge in [0.15, 0.2) is 10.9 Å². The molecule has 3 rings (SSSR count). The first kappa shape index (κ1) is 20.6. The van der Waals surface area contributed by atoms with E-state index >= 15 is 0 Å². The van der Waals surface area contributed by atoms with E-state index in [1.807, 2.05) is 30.3 Å². The first-order valence-electron chi connectivity index (χ1n) is 8.76. The summed E-state index contributed by atoms with van der Waals surface area (Å²) in [6, 6.07) is 11.1. The molecule has 1 atom stereocenters. The Morgan fingerprint density at radius 2 is 1.97 bits per heavy atom. The number of thiazole rings is 1. The summed E-state index contributed by atoms with van der Waals surface area (Å²) in [5.41, 5.74) is 2.10. The monoisotopic (exact) mass is 417 g/mol. The fourth-order valence-electron chi connectivity index (χ4n) is 2.52. The van der Waals surface area contributed by atoms with Crippen LogP contribution in [0.5, 0.6) is 0 Å². The van der Waals surface area contributed by atoms with Gasteiger partial charge in [0.05, 0.1) is 36.3 Å². The highest BCUT2D eigenvalue weighted by Gasteiger charge is 2.17. The average Bonchev–Trinajstić information content (AvgIpc) is 3.21. The van der Waals surface area contributed by atoms with Crippen LogP contribution in [0, 0.1) is 22.7 Å². The maximum atomic E-state index is 12.5. The lowest BCUT2D eigenvalue weighted by Crippen LogP contribution is -2.18. The zero-order valence-electron chi connectivity index (χ0n) is 15.8. The molecular formula is C20H15N7O2S. The first-order valence-corrected chi connectivity index (χ1v) is 9.57. The summed E-state index contributed by atoms with van der Waals surface area (Å²) in [5.74, 6) is -0.906. The van der Waals surface area contributed by atoms with Crippen molar-refractivity contribution < 1.29 is 9.59 Å². The maximum absolute atomic E-state index is 12.5. The Hall–Kier alpha value is -4.15. The maximum Gasteiger partial charge on any atom is 0.239 e. The number of carbonyl (C=O) groups is 2. The molecule has 1 unspecified atom stereocenters. The number of hydrogen-bond acceptors (Lipinski definition) is 8. The Morgan fingerprint density at radius 1 is 1.13 bits per heavy atom. The van der Waals surface area contributed by atoms with Crippen LogP contribution in [0.1, 0.15) is 29.7 Å². The molecule has 2 amide bonds. The summed E-state index contributed by atoms with van der Waals surface area (Å²) < 4.78 is 0. The highest BCUT2D eigenvalue weighted by atomic mass is 32.1. The van der Waals surface area contributed by atoms with E-state index in [0.717, 1.165) is 22.5 Å². The minimum atomic E-state index is -0.461. The highest BCUT2D eigenvalue weighted by molar-refractivity contribution is 7.16. The zero-order chi connectivity index (χ0) is 21.5. The molecule has 0 aliphatic rings. The minimum Gasteiger partial charge on any atom is -0.309 e. The number of rotatable bonds is 6. The Bertz CT molecular complexity index is 1160. The van der Waals surface area contributed by atoms with E-state index in [9.17, 15) is 9.59 Å². The first-order chi connectivity index (χ1) is 14.5. The van der Waals surface area contributed by atoms with Crippen LogP contribution in [0.15, 0.2) is 42.9 Å². The van der Waals surface area contributed by atoms with Gasteiger partial charge in [-0.2, -0.15) is 10.5 Å². The van der Waals surface area contributed by atoms with Crippen LogP contribution in [0.25, 0.3) is 11.3 Å². The number of amides is 2. The van der Waals surface area contributed by atoms with E-state index in [1.165, 1.54) is 18.6 Å². The van der Waals surface area contributed by atoms with Crippen LogP contribution >= 0.6 is 11.3 Å². The van der Waals surface area contributed by atoms with Gasteiger partial charge in [0.2, 0.25) is 11.8 Å². The number of benzene rings is 1. The molecule has 0 bridgehead atoms. The summed E-state index contributed by atoms with van der Waals surface area (Å²) in [5, 5.41) is 23.0. The third-order valence-corrected chi connectivity index (χ3v) is 4.90. The van der Waals surface area contributed by atoms with Crippen molar-refractivity contribution in [1.29, 1.82) is 10.5 Å². The number of anilines is 2. The second kappa shape index (κ2) is 9.37. The van der Waals surface area contributed by atoms with E-state index in [0.29, 0.717) is 15.7 Å². The van der Waals surface area contributed by atoms with Gasteiger partial charge in [-0.05, 0) is 18.6 Å². The second-order valence-corrected chi connectivity index (χ2v) is 7.18. The normalized spacial score (nSPS) is 11.0. The lowest BCUT2D eigenvalue weighted by Gasteiger charge is -2.12. The van der Waals surface area contributed by atoms with Crippen molar-refractivity contribution in [2.45, 2.75) is 19.3 Å². The lowest BCUT2D eigenvalue weighted by molar-refractivity contribution is -0.117. The zero-order valence-corrected chi connectivity index (χ0v) is 16.6. The molecule has 1 aromatic carbocycles. The van der Waals surface area contributed by atoms with Crippen molar-refractivity contribution in [1.82, 2.24) is 15.0 Å². The summed E-state index contributed by atoms with van der Waals surface area (Å²) >= 11 is 1.11. The standard InChI is InChI=1S/C20H15N7O2S/c1-12(19(29)27-20-25-9-15(8-22)30-20)13-3-2-4-14(7-13)16-10-24-17(11-23-16)26-18(28)5-6-21/h2-4,7,9-12H,5H2,1H3,(H,24,26,28)(H,25,27,29). The Labute approximate surface area is 176 Å². The molecule has 9 nitrogen and oxygen atoms in total. The van der Waals surface area contributed by atoms with Gasteiger partial charge in [0.25, 0.3) is 0 Å². The van der Waals surface area contributed by atoms with Gasteiger partial charge in [-0.1, -0.05) is 29.5 Å². The van der Waals surface area contributed by atoms with E-state index in [-0.39, 0.29) is 18.1 Å². The molecule has 10 heteroatoms. The number of nitriles is 2. The van der Waals surface area contributed by atoms with Crippen LogP contribution in [0.3, 0.4) is 0 Å². The quantitative estimate of drug-likeness (QED) is 0.627. The molecule has 3 aromatic rings. The van der Waals surface area contributed by atoms with Crippen molar-refractivity contribution in [3.05, 3.63) is 53.3 Å². The molecule has 0 saturated carbocycles. The van der Waals surface area contributed by atoms with E-state index in [1.54, 1.807) is 13.0 Å². The molecule has 0 fully saturated rings. The smallest absolute Gasteiger partial charge is 0.239 e.